The summed E-state index contributed by atoms with van der Waals surface area (Å²) in [5.41, 5.74) is 1.80. The van der Waals surface area contributed by atoms with Crippen LogP contribution in [0.25, 0.3) is 11.5 Å². The number of aromatic nitrogens is 3. The normalized spacial score (nSPS) is 10.7. The van der Waals surface area contributed by atoms with Crippen LogP contribution in [0.15, 0.2) is 47.3 Å². The van der Waals surface area contributed by atoms with Crippen molar-refractivity contribution >= 4 is 0 Å². The molecule has 102 valence electrons. The number of nitrogens with zero attached hydrogens (tertiary/aromatic N) is 3. The second kappa shape index (κ2) is 5.21. The molecule has 0 aliphatic rings. The molecule has 0 saturated carbocycles. The Hall–Kier alpha value is -2.56. The van der Waals surface area contributed by atoms with Gasteiger partial charge >= 0.3 is 0 Å². The van der Waals surface area contributed by atoms with E-state index in [0.29, 0.717) is 12.4 Å². The van der Waals surface area contributed by atoms with Crippen LogP contribution in [0.1, 0.15) is 11.5 Å². The van der Waals surface area contributed by atoms with Gasteiger partial charge in [-0.1, -0.05) is 0 Å². The van der Waals surface area contributed by atoms with Crippen LogP contribution in [-0.2, 0) is 6.54 Å². The monoisotopic (exact) mass is 269 g/mol. The summed E-state index contributed by atoms with van der Waals surface area (Å²) in [7, 11) is 1.64. The number of hydrogen-bond donors (Lipinski definition) is 0. The van der Waals surface area contributed by atoms with Crippen molar-refractivity contribution in [3.63, 3.8) is 0 Å². The van der Waals surface area contributed by atoms with Crippen molar-refractivity contribution in [1.29, 1.82) is 0 Å². The maximum absolute atomic E-state index is 5.53. The number of rotatable bonds is 4. The maximum atomic E-state index is 5.53. The summed E-state index contributed by atoms with van der Waals surface area (Å²) in [5.74, 6) is 2.38. The van der Waals surface area contributed by atoms with Gasteiger partial charge in [0.05, 0.1) is 19.3 Å². The van der Waals surface area contributed by atoms with E-state index in [4.69, 9.17) is 9.15 Å². The molecule has 0 aliphatic carbocycles. The maximum Gasteiger partial charge on any atom is 0.226 e. The van der Waals surface area contributed by atoms with Crippen LogP contribution in [0, 0.1) is 6.92 Å². The van der Waals surface area contributed by atoms with E-state index in [-0.39, 0.29) is 0 Å². The Morgan fingerprint density at radius 1 is 1.25 bits per heavy atom. The Morgan fingerprint density at radius 3 is 2.70 bits per heavy atom. The lowest BCUT2D eigenvalue weighted by Crippen LogP contribution is -2.00. The first kappa shape index (κ1) is 12.5. The van der Waals surface area contributed by atoms with Crippen molar-refractivity contribution in [2.24, 2.45) is 0 Å². The lowest BCUT2D eigenvalue weighted by Gasteiger charge is -2.00. The van der Waals surface area contributed by atoms with Gasteiger partial charge in [-0.25, -0.2) is 9.97 Å². The third kappa shape index (κ3) is 2.42. The molecule has 5 heteroatoms. The first-order chi connectivity index (χ1) is 9.76. The summed E-state index contributed by atoms with van der Waals surface area (Å²) in [6, 6.07) is 7.63. The number of oxazole rings is 1. The molecule has 0 amide bonds. The lowest BCUT2D eigenvalue weighted by atomic mass is 10.2. The van der Waals surface area contributed by atoms with E-state index in [0.717, 1.165) is 22.8 Å². The van der Waals surface area contributed by atoms with Gasteiger partial charge in [-0.15, -0.1) is 0 Å². The molecule has 0 spiro atoms. The van der Waals surface area contributed by atoms with Crippen molar-refractivity contribution in [1.82, 2.24) is 14.5 Å². The van der Waals surface area contributed by atoms with Crippen LogP contribution in [-0.4, -0.2) is 21.6 Å². The minimum Gasteiger partial charge on any atom is -0.497 e. The molecule has 0 atom stereocenters. The molecule has 0 saturated heterocycles. The summed E-state index contributed by atoms with van der Waals surface area (Å²) in [6.07, 6.45) is 5.38. The smallest absolute Gasteiger partial charge is 0.226 e. The fourth-order valence-electron chi connectivity index (χ4n) is 1.99. The highest BCUT2D eigenvalue weighted by Crippen LogP contribution is 2.22. The van der Waals surface area contributed by atoms with Crippen molar-refractivity contribution in [3.05, 3.63) is 54.4 Å². The van der Waals surface area contributed by atoms with E-state index in [2.05, 4.69) is 9.97 Å². The summed E-state index contributed by atoms with van der Waals surface area (Å²) in [5, 5.41) is 0. The zero-order chi connectivity index (χ0) is 13.9. The molecule has 0 bridgehead atoms. The largest absolute Gasteiger partial charge is 0.497 e. The van der Waals surface area contributed by atoms with Gasteiger partial charge in [0.25, 0.3) is 0 Å². The molecule has 3 aromatic rings. The van der Waals surface area contributed by atoms with Crippen LogP contribution in [0.4, 0.5) is 0 Å². The van der Waals surface area contributed by atoms with Crippen molar-refractivity contribution in [2.45, 2.75) is 13.5 Å². The van der Waals surface area contributed by atoms with Gasteiger partial charge in [-0.05, 0) is 31.2 Å². The molecular weight excluding hydrogens is 254 g/mol. The number of aryl methyl sites for hydroxylation is 1. The number of methoxy groups -OCH3 is 1. The van der Waals surface area contributed by atoms with Gasteiger partial charge in [0.15, 0.2) is 0 Å². The Morgan fingerprint density at radius 2 is 2.05 bits per heavy atom. The molecular formula is C15H15N3O2. The van der Waals surface area contributed by atoms with Gasteiger partial charge in [-0.3, -0.25) is 0 Å². The molecule has 2 heterocycles. The SMILES string of the molecule is COc1ccc(-c2nc(Cn3ccnc3C)co2)cc1. The molecule has 2 aromatic heterocycles. The summed E-state index contributed by atoms with van der Waals surface area (Å²) < 4.78 is 12.7. The molecule has 0 radical (unpaired) electrons. The Balaban J connectivity index is 1.80. The molecule has 0 fully saturated rings. The first-order valence-corrected chi connectivity index (χ1v) is 6.33. The van der Waals surface area contributed by atoms with Gasteiger partial charge < -0.3 is 13.7 Å². The zero-order valence-electron chi connectivity index (χ0n) is 11.4. The number of hydrogen-bond acceptors (Lipinski definition) is 4. The van der Waals surface area contributed by atoms with Crippen molar-refractivity contribution in [2.75, 3.05) is 7.11 Å². The van der Waals surface area contributed by atoms with Crippen LogP contribution in [0.5, 0.6) is 5.75 Å². The fraction of sp³-hybridized carbons (Fsp3) is 0.200. The van der Waals surface area contributed by atoms with Crippen LogP contribution in [0.3, 0.4) is 0 Å². The quantitative estimate of drug-likeness (QED) is 0.730. The molecule has 5 nitrogen and oxygen atoms in total. The van der Waals surface area contributed by atoms with Crippen molar-refractivity contribution in [3.8, 4) is 17.2 Å². The van der Waals surface area contributed by atoms with Crippen LogP contribution >= 0.6 is 0 Å². The Bertz CT molecular complexity index is 698. The molecule has 0 N–H and O–H groups in total. The molecule has 3 rings (SSSR count). The van der Waals surface area contributed by atoms with Gasteiger partial charge in [0.2, 0.25) is 5.89 Å². The minimum absolute atomic E-state index is 0.612. The molecule has 1 aromatic carbocycles. The molecule has 0 unspecified atom stereocenters. The van der Waals surface area contributed by atoms with E-state index in [1.807, 2.05) is 42.0 Å². The topological polar surface area (TPSA) is 53.1 Å². The van der Waals surface area contributed by atoms with E-state index in [9.17, 15) is 0 Å². The average Bonchev–Trinajstić information content (AvgIpc) is 3.10. The van der Waals surface area contributed by atoms with E-state index >= 15 is 0 Å². The average molecular weight is 269 g/mol. The Kier molecular flexibility index (Phi) is 3.25. The van der Waals surface area contributed by atoms with Gasteiger partial charge in [-0.2, -0.15) is 0 Å². The summed E-state index contributed by atoms with van der Waals surface area (Å²) in [6.45, 7) is 2.62. The molecule has 20 heavy (non-hydrogen) atoms. The predicted molar refractivity (Wildman–Crippen MR) is 74.6 cm³/mol. The highest BCUT2D eigenvalue weighted by atomic mass is 16.5. The number of ether oxygens (including phenoxy) is 1. The van der Waals surface area contributed by atoms with Crippen molar-refractivity contribution < 1.29 is 9.15 Å². The highest BCUT2D eigenvalue weighted by molar-refractivity contribution is 5.54. The minimum atomic E-state index is 0.612. The predicted octanol–water partition coefficient (Wildman–Crippen LogP) is 2.90. The summed E-state index contributed by atoms with van der Waals surface area (Å²) in [4.78, 5) is 8.68. The second-order valence-electron chi connectivity index (χ2n) is 4.47. The standard InChI is InChI=1S/C15H15N3O2/c1-11-16-7-8-18(11)9-13-10-20-15(17-13)12-3-5-14(19-2)6-4-12/h3-8,10H,9H2,1-2H3. The number of imidazole rings is 1. The van der Waals surface area contributed by atoms with E-state index < -0.39 is 0 Å². The molecule has 0 aliphatic heterocycles. The van der Waals surface area contributed by atoms with E-state index in [1.54, 1.807) is 19.6 Å². The van der Waals surface area contributed by atoms with Crippen LogP contribution < -0.4 is 4.74 Å². The number of benzene rings is 1. The highest BCUT2D eigenvalue weighted by Gasteiger charge is 2.08. The zero-order valence-corrected chi connectivity index (χ0v) is 11.4. The fourth-order valence-corrected chi connectivity index (χ4v) is 1.99. The van der Waals surface area contributed by atoms with Gasteiger partial charge in [0, 0.05) is 18.0 Å². The Labute approximate surface area is 116 Å². The van der Waals surface area contributed by atoms with Gasteiger partial charge in [0.1, 0.15) is 17.8 Å². The first-order valence-electron chi connectivity index (χ1n) is 6.33. The second-order valence-corrected chi connectivity index (χ2v) is 4.47. The third-order valence-electron chi connectivity index (χ3n) is 3.14. The lowest BCUT2D eigenvalue weighted by molar-refractivity contribution is 0.415. The summed E-state index contributed by atoms with van der Waals surface area (Å²) >= 11 is 0. The third-order valence-corrected chi connectivity index (χ3v) is 3.14. The van der Waals surface area contributed by atoms with E-state index in [1.165, 1.54) is 0 Å². The van der Waals surface area contributed by atoms with Crippen LogP contribution in [0.2, 0.25) is 0 Å².